The van der Waals surface area contributed by atoms with Crippen LogP contribution in [0.25, 0.3) is 10.9 Å². The van der Waals surface area contributed by atoms with E-state index in [2.05, 4.69) is 30.5 Å². The number of hydrogen-bond acceptors (Lipinski definition) is 1. The number of rotatable bonds is 3. The fourth-order valence-corrected chi connectivity index (χ4v) is 2.27. The van der Waals surface area contributed by atoms with E-state index in [4.69, 9.17) is 0 Å². The summed E-state index contributed by atoms with van der Waals surface area (Å²) in [5, 5.41) is 1.08. The highest BCUT2D eigenvalue weighted by molar-refractivity contribution is 5.99. The maximum atomic E-state index is 11.1. The molecule has 0 aliphatic rings. The Hall–Kier alpha value is -1.57. The number of carbonyl (C=O) groups excluding carboxylic acids is 1. The molecule has 0 aliphatic carbocycles. The second-order valence-corrected chi connectivity index (χ2v) is 4.29. The summed E-state index contributed by atoms with van der Waals surface area (Å²) in [5.74, 6) is 0. The van der Waals surface area contributed by atoms with E-state index in [0.717, 1.165) is 35.9 Å². The molecule has 0 radical (unpaired) electrons. The molecule has 0 saturated heterocycles. The third-order valence-corrected chi connectivity index (χ3v) is 3.09. The summed E-state index contributed by atoms with van der Waals surface area (Å²) in [6, 6.07) is 6.27. The number of carbonyl (C=O) groups is 1. The zero-order valence-corrected chi connectivity index (χ0v) is 10.1. The highest BCUT2D eigenvalue weighted by Gasteiger charge is 2.12. The van der Waals surface area contributed by atoms with Crippen LogP contribution in [0.4, 0.5) is 0 Å². The van der Waals surface area contributed by atoms with E-state index < -0.39 is 0 Å². The van der Waals surface area contributed by atoms with E-state index in [1.165, 1.54) is 11.1 Å². The van der Waals surface area contributed by atoms with Gasteiger partial charge in [0.15, 0.2) is 6.29 Å². The molecule has 0 N–H and O–H groups in total. The molecular weight excluding hydrogens is 198 g/mol. The Labute approximate surface area is 95.9 Å². The lowest BCUT2D eigenvalue weighted by Gasteiger charge is -2.06. The van der Waals surface area contributed by atoms with Crippen molar-refractivity contribution in [3.05, 3.63) is 35.0 Å². The largest absolute Gasteiger partial charge is 0.344 e. The normalized spacial score (nSPS) is 10.9. The highest BCUT2D eigenvalue weighted by Crippen LogP contribution is 2.25. The number of fused-ring (bicyclic) bond motifs is 1. The van der Waals surface area contributed by atoms with Gasteiger partial charge < -0.3 is 4.57 Å². The van der Waals surface area contributed by atoms with Crippen LogP contribution in [-0.2, 0) is 6.54 Å². The van der Waals surface area contributed by atoms with E-state index in [-0.39, 0.29) is 0 Å². The molecule has 2 rings (SSSR count). The Morgan fingerprint density at radius 1 is 1.31 bits per heavy atom. The molecule has 0 atom stereocenters. The van der Waals surface area contributed by atoms with Crippen LogP contribution in [-0.4, -0.2) is 10.9 Å². The molecule has 1 aromatic heterocycles. The molecule has 2 heteroatoms. The van der Waals surface area contributed by atoms with Crippen molar-refractivity contribution in [2.45, 2.75) is 33.7 Å². The van der Waals surface area contributed by atoms with Gasteiger partial charge in [-0.2, -0.15) is 0 Å². The second-order valence-electron chi connectivity index (χ2n) is 4.29. The molecule has 0 amide bonds. The molecule has 84 valence electrons. The molecule has 0 saturated carbocycles. The van der Waals surface area contributed by atoms with Crippen LogP contribution in [0.1, 0.15) is 35.0 Å². The zero-order chi connectivity index (χ0) is 11.7. The number of aldehydes is 1. The zero-order valence-electron chi connectivity index (χ0n) is 10.1. The van der Waals surface area contributed by atoms with Gasteiger partial charge in [0, 0.05) is 28.7 Å². The second kappa shape index (κ2) is 4.12. The SMILES string of the molecule is CCCn1c(C)c(C=O)c2ccc(C)cc21. The summed E-state index contributed by atoms with van der Waals surface area (Å²) < 4.78 is 2.24. The maximum absolute atomic E-state index is 11.1. The third kappa shape index (κ3) is 1.54. The number of hydrogen-bond donors (Lipinski definition) is 0. The van der Waals surface area contributed by atoms with Crippen LogP contribution < -0.4 is 0 Å². The van der Waals surface area contributed by atoms with E-state index in [1.807, 2.05) is 13.0 Å². The van der Waals surface area contributed by atoms with Gasteiger partial charge in [0.25, 0.3) is 0 Å². The van der Waals surface area contributed by atoms with Crippen molar-refractivity contribution in [3.8, 4) is 0 Å². The van der Waals surface area contributed by atoms with Crippen molar-refractivity contribution in [1.82, 2.24) is 4.57 Å². The molecule has 16 heavy (non-hydrogen) atoms. The first kappa shape index (κ1) is 10.9. The number of aryl methyl sites for hydroxylation is 2. The van der Waals surface area contributed by atoms with Crippen molar-refractivity contribution < 1.29 is 4.79 Å². The lowest BCUT2D eigenvalue weighted by atomic mass is 10.1. The van der Waals surface area contributed by atoms with Gasteiger partial charge in [-0.25, -0.2) is 0 Å². The van der Waals surface area contributed by atoms with E-state index >= 15 is 0 Å². The minimum absolute atomic E-state index is 0.837. The minimum atomic E-state index is 0.837. The maximum Gasteiger partial charge on any atom is 0.152 e. The van der Waals surface area contributed by atoms with Crippen LogP contribution in [0.15, 0.2) is 18.2 Å². The molecule has 2 nitrogen and oxygen atoms in total. The monoisotopic (exact) mass is 215 g/mol. The van der Waals surface area contributed by atoms with Gasteiger partial charge >= 0.3 is 0 Å². The summed E-state index contributed by atoms with van der Waals surface area (Å²) in [7, 11) is 0. The van der Waals surface area contributed by atoms with E-state index in [0.29, 0.717) is 0 Å². The van der Waals surface area contributed by atoms with Gasteiger partial charge in [-0.15, -0.1) is 0 Å². The minimum Gasteiger partial charge on any atom is -0.344 e. The van der Waals surface area contributed by atoms with Gasteiger partial charge in [0.2, 0.25) is 0 Å². The Morgan fingerprint density at radius 3 is 2.69 bits per heavy atom. The predicted octanol–water partition coefficient (Wildman–Crippen LogP) is 3.48. The van der Waals surface area contributed by atoms with Crippen molar-refractivity contribution in [2.24, 2.45) is 0 Å². The first-order chi connectivity index (χ1) is 7.69. The van der Waals surface area contributed by atoms with Crippen molar-refractivity contribution in [3.63, 3.8) is 0 Å². The number of aromatic nitrogens is 1. The van der Waals surface area contributed by atoms with E-state index in [9.17, 15) is 4.79 Å². The average Bonchev–Trinajstić information content (AvgIpc) is 2.52. The Morgan fingerprint density at radius 2 is 2.06 bits per heavy atom. The number of benzene rings is 1. The molecule has 0 fully saturated rings. The van der Waals surface area contributed by atoms with Crippen LogP contribution in [0.5, 0.6) is 0 Å². The molecule has 0 bridgehead atoms. The molecule has 0 spiro atoms. The molecule has 1 heterocycles. The Bertz CT molecular complexity index is 537. The van der Waals surface area contributed by atoms with Gasteiger partial charge in [-0.05, 0) is 31.9 Å². The van der Waals surface area contributed by atoms with Crippen molar-refractivity contribution in [2.75, 3.05) is 0 Å². The lowest BCUT2D eigenvalue weighted by Crippen LogP contribution is -1.99. The van der Waals surface area contributed by atoms with Gasteiger partial charge in [-0.1, -0.05) is 19.1 Å². The summed E-state index contributed by atoms with van der Waals surface area (Å²) >= 11 is 0. The quantitative estimate of drug-likeness (QED) is 0.718. The van der Waals surface area contributed by atoms with Crippen molar-refractivity contribution >= 4 is 17.2 Å². The molecule has 0 aliphatic heterocycles. The highest BCUT2D eigenvalue weighted by atomic mass is 16.1. The van der Waals surface area contributed by atoms with Gasteiger partial charge in [-0.3, -0.25) is 4.79 Å². The molecule has 1 aromatic carbocycles. The summed E-state index contributed by atoms with van der Waals surface area (Å²) in [6.07, 6.45) is 2.05. The van der Waals surface area contributed by atoms with Gasteiger partial charge in [0.1, 0.15) is 0 Å². The Kier molecular flexibility index (Phi) is 2.82. The fraction of sp³-hybridized carbons (Fsp3) is 0.357. The number of nitrogens with zero attached hydrogens (tertiary/aromatic N) is 1. The Balaban J connectivity index is 2.80. The van der Waals surface area contributed by atoms with Crippen LogP contribution in [0, 0.1) is 13.8 Å². The predicted molar refractivity (Wildman–Crippen MR) is 67.1 cm³/mol. The standard InChI is InChI=1S/C14H17NO/c1-4-7-15-11(3)13(9-16)12-6-5-10(2)8-14(12)15/h5-6,8-9H,4,7H2,1-3H3. The van der Waals surface area contributed by atoms with Gasteiger partial charge in [0.05, 0.1) is 0 Å². The fourth-order valence-electron chi connectivity index (χ4n) is 2.27. The van der Waals surface area contributed by atoms with Crippen LogP contribution >= 0.6 is 0 Å². The molecular formula is C14H17NO. The topological polar surface area (TPSA) is 22.0 Å². The average molecular weight is 215 g/mol. The van der Waals surface area contributed by atoms with Crippen LogP contribution in [0.2, 0.25) is 0 Å². The van der Waals surface area contributed by atoms with E-state index in [1.54, 1.807) is 0 Å². The summed E-state index contributed by atoms with van der Waals surface area (Å²) in [4.78, 5) is 11.1. The lowest BCUT2D eigenvalue weighted by molar-refractivity contribution is 0.112. The van der Waals surface area contributed by atoms with Crippen molar-refractivity contribution in [1.29, 1.82) is 0 Å². The first-order valence-electron chi connectivity index (χ1n) is 5.73. The molecule has 2 aromatic rings. The summed E-state index contributed by atoms with van der Waals surface area (Å²) in [6.45, 7) is 7.23. The smallest absolute Gasteiger partial charge is 0.152 e. The molecule has 0 unspecified atom stereocenters. The summed E-state index contributed by atoms with van der Waals surface area (Å²) in [5.41, 5.74) is 4.34. The third-order valence-electron chi connectivity index (χ3n) is 3.09. The van der Waals surface area contributed by atoms with Crippen LogP contribution in [0.3, 0.4) is 0 Å². The first-order valence-corrected chi connectivity index (χ1v) is 5.73.